The van der Waals surface area contributed by atoms with Gasteiger partial charge in [0.25, 0.3) is 5.69 Å². The molecule has 0 unspecified atom stereocenters. The normalized spacial score (nSPS) is 29.3. The molecule has 1 aromatic carbocycles. The van der Waals surface area contributed by atoms with Gasteiger partial charge >= 0.3 is 0 Å². The molecule has 0 aromatic heterocycles. The first-order valence-corrected chi connectivity index (χ1v) is 10.5. The van der Waals surface area contributed by atoms with Gasteiger partial charge < -0.3 is 4.90 Å². The van der Waals surface area contributed by atoms with Gasteiger partial charge in [0.15, 0.2) is 4.90 Å². The number of nitro groups is 1. The van der Waals surface area contributed by atoms with Gasteiger partial charge in [0.1, 0.15) is 0 Å². The maximum absolute atomic E-state index is 12.9. The molecule has 1 aliphatic heterocycles. The lowest BCUT2D eigenvalue weighted by molar-refractivity contribution is -0.387. The van der Waals surface area contributed by atoms with E-state index in [1.165, 1.54) is 41.4 Å². The number of hydrogen-bond donors (Lipinski definition) is 0. The van der Waals surface area contributed by atoms with Crippen LogP contribution < -0.4 is 0 Å². The molecule has 2 bridgehead atoms. The molecule has 2 aliphatic carbocycles. The van der Waals surface area contributed by atoms with Gasteiger partial charge in [-0.2, -0.15) is 4.31 Å². The van der Waals surface area contributed by atoms with E-state index in [0.717, 1.165) is 12.5 Å². The van der Waals surface area contributed by atoms with E-state index in [4.69, 9.17) is 0 Å². The van der Waals surface area contributed by atoms with Crippen LogP contribution in [0.3, 0.4) is 0 Å². The highest BCUT2D eigenvalue weighted by Gasteiger charge is 2.38. The van der Waals surface area contributed by atoms with Crippen molar-refractivity contribution in [2.24, 2.45) is 17.8 Å². The van der Waals surface area contributed by atoms with E-state index in [-0.39, 0.29) is 10.6 Å². The molecule has 0 spiro atoms. The van der Waals surface area contributed by atoms with Gasteiger partial charge in [-0.15, -0.1) is 0 Å². The Hall–Kier alpha value is -1.77. The van der Waals surface area contributed by atoms with Crippen LogP contribution in [0.25, 0.3) is 0 Å². The molecule has 1 heterocycles. The Morgan fingerprint density at radius 1 is 1.08 bits per heavy atom. The highest BCUT2D eigenvalue weighted by Crippen LogP contribution is 2.43. The van der Waals surface area contributed by atoms with Crippen molar-refractivity contribution in [3.8, 4) is 0 Å². The third-order valence-corrected chi connectivity index (χ3v) is 7.87. The molecule has 3 aliphatic rings. The predicted molar refractivity (Wildman–Crippen MR) is 97.1 cm³/mol. The van der Waals surface area contributed by atoms with E-state index in [9.17, 15) is 18.5 Å². The van der Waals surface area contributed by atoms with Crippen LogP contribution in [0.2, 0.25) is 0 Å². The van der Waals surface area contributed by atoms with Crippen LogP contribution in [-0.4, -0.2) is 55.3 Å². The lowest BCUT2D eigenvalue weighted by atomic mass is 9.93. The van der Waals surface area contributed by atoms with E-state index in [1.807, 2.05) is 0 Å². The van der Waals surface area contributed by atoms with E-state index in [0.29, 0.717) is 38.0 Å². The van der Waals surface area contributed by atoms with Crippen molar-refractivity contribution in [1.82, 2.24) is 9.21 Å². The summed E-state index contributed by atoms with van der Waals surface area (Å²) in [6.07, 6.45) is 7.19. The van der Waals surface area contributed by atoms with Crippen LogP contribution in [-0.2, 0) is 10.0 Å². The number of allylic oxidation sites excluding steroid dienone is 2. The van der Waals surface area contributed by atoms with Crippen molar-refractivity contribution in [2.45, 2.75) is 17.7 Å². The molecule has 0 radical (unpaired) electrons. The minimum atomic E-state index is -3.84. The van der Waals surface area contributed by atoms with Crippen LogP contribution in [0.5, 0.6) is 0 Å². The second kappa shape index (κ2) is 6.75. The van der Waals surface area contributed by atoms with Gasteiger partial charge in [-0.25, -0.2) is 8.42 Å². The van der Waals surface area contributed by atoms with Crippen LogP contribution in [0.1, 0.15) is 12.8 Å². The van der Waals surface area contributed by atoms with Gasteiger partial charge in [-0.05, 0) is 36.7 Å². The van der Waals surface area contributed by atoms with Gasteiger partial charge in [0, 0.05) is 38.8 Å². The molecule has 2 fully saturated rings. The summed E-state index contributed by atoms with van der Waals surface area (Å²) >= 11 is 0. The molecule has 0 amide bonds. The predicted octanol–water partition coefficient (Wildman–Crippen LogP) is 2.11. The maximum Gasteiger partial charge on any atom is 0.289 e. The fraction of sp³-hybridized carbons (Fsp3) is 0.556. The summed E-state index contributed by atoms with van der Waals surface area (Å²) in [7, 11) is -3.84. The molecule has 140 valence electrons. The van der Waals surface area contributed by atoms with Crippen molar-refractivity contribution in [2.75, 3.05) is 32.7 Å². The monoisotopic (exact) mass is 377 g/mol. The summed E-state index contributed by atoms with van der Waals surface area (Å²) < 4.78 is 27.1. The third kappa shape index (κ3) is 3.17. The third-order valence-electron chi connectivity index (χ3n) is 5.92. The fourth-order valence-corrected chi connectivity index (χ4v) is 6.13. The number of piperazine rings is 1. The number of nitrogens with zero attached hydrogens (tertiary/aromatic N) is 3. The average Bonchev–Trinajstić information content (AvgIpc) is 3.25. The lowest BCUT2D eigenvalue weighted by Gasteiger charge is -2.36. The highest BCUT2D eigenvalue weighted by atomic mass is 32.2. The van der Waals surface area contributed by atoms with Crippen LogP contribution >= 0.6 is 0 Å². The zero-order valence-corrected chi connectivity index (χ0v) is 15.3. The summed E-state index contributed by atoms with van der Waals surface area (Å²) in [6, 6.07) is 5.57. The van der Waals surface area contributed by atoms with E-state index >= 15 is 0 Å². The summed E-state index contributed by atoms with van der Waals surface area (Å²) in [5.41, 5.74) is -0.358. The second-order valence-corrected chi connectivity index (χ2v) is 9.38. The molecular weight excluding hydrogens is 354 g/mol. The Labute approximate surface area is 153 Å². The first-order chi connectivity index (χ1) is 12.4. The smallest absolute Gasteiger partial charge is 0.289 e. The van der Waals surface area contributed by atoms with Gasteiger partial charge in [0.2, 0.25) is 10.0 Å². The minimum absolute atomic E-state index is 0.211. The standard InChI is InChI=1S/C18H23N3O4S/c22-21(23)17-3-1-2-4-18(17)26(24,25)20-9-7-19(8-10-20)13-16-12-14-5-6-15(16)11-14/h1-6,14-16H,7-13H2/t14-,15+,16-/m1/s1. The Balaban J connectivity index is 1.41. The van der Waals surface area contributed by atoms with Crippen LogP contribution in [0, 0.1) is 27.9 Å². The quantitative estimate of drug-likeness (QED) is 0.446. The molecule has 3 atom stereocenters. The molecular formula is C18H23N3O4S. The number of para-hydroxylation sites is 1. The van der Waals surface area contributed by atoms with Crippen LogP contribution in [0.15, 0.2) is 41.3 Å². The van der Waals surface area contributed by atoms with E-state index in [2.05, 4.69) is 17.1 Å². The summed E-state index contributed by atoms with van der Waals surface area (Å²) in [6.45, 7) is 3.13. The number of nitro benzene ring substituents is 1. The Bertz CT molecular complexity index is 831. The molecule has 1 saturated heterocycles. The van der Waals surface area contributed by atoms with Crippen molar-refractivity contribution >= 4 is 15.7 Å². The summed E-state index contributed by atoms with van der Waals surface area (Å²) in [5, 5.41) is 11.2. The Morgan fingerprint density at radius 2 is 1.81 bits per heavy atom. The minimum Gasteiger partial charge on any atom is -0.300 e. The second-order valence-electron chi connectivity index (χ2n) is 7.47. The van der Waals surface area contributed by atoms with Crippen molar-refractivity contribution in [3.05, 3.63) is 46.5 Å². The number of rotatable bonds is 5. The number of sulfonamides is 1. The molecule has 1 aromatic rings. The Kier molecular flexibility index (Phi) is 4.58. The van der Waals surface area contributed by atoms with Gasteiger partial charge in [0.05, 0.1) is 4.92 Å². The number of hydrogen-bond acceptors (Lipinski definition) is 5. The van der Waals surface area contributed by atoms with Crippen LogP contribution in [0.4, 0.5) is 5.69 Å². The fourth-order valence-electron chi connectivity index (χ4n) is 4.55. The molecule has 4 rings (SSSR count). The van der Waals surface area contributed by atoms with Gasteiger partial charge in [-0.3, -0.25) is 10.1 Å². The molecule has 26 heavy (non-hydrogen) atoms. The first kappa shape index (κ1) is 17.6. The van der Waals surface area contributed by atoms with Crippen molar-refractivity contribution in [3.63, 3.8) is 0 Å². The summed E-state index contributed by atoms with van der Waals surface area (Å²) in [4.78, 5) is 12.7. The van der Waals surface area contributed by atoms with E-state index in [1.54, 1.807) is 0 Å². The topological polar surface area (TPSA) is 83.8 Å². The van der Waals surface area contributed by atoms with Crippen molar-refractivity contribution < 1.29 is 13.3 Å². The molecule has 1 saturated carbocycles. The Morgan fingerprint density at radius 3 is 2.42 bits per heavy atom. The lowest BCUT2D eigenvalue weighted by Crippen LogP contribution is -2.50. The average molecular weight is 377 g/mol. The zero-order valence-electron chi connectivity index (χ0n) is 14.5. The number of benzene rings is 1. The summed E-state index contributed by atoms with van der Waals surface area (Å²) in [5.74, 6) is 2.11. The first-order valence-electron chi connectivity index (χ1n) is 9.09. The van der Waals surface area contributed by atoms with E-state index < -0.39 is 14.9 Å². The zero-order chi connectivity index (χ0) is 18.3. The van der Waals surface area contributed by atoms with Gasteiger partial charge in [-0.1, -0.05) is 24.3 Å². The molecule has 0 N–H and O–H groups in total. The molecule has 8 heteroatoms. The number of fused-ring (bicyclic) bond motifs is 2. The highest BCUT2D eigenvalue weighted by molar-refractivity contribution is 7.89. The SMILES string of the molecule is O=[N+]([O-])c1ccccc1S(=O)(=O)N1CCN(C[C@H]2C[C@@H]3C=C[C@H]2C3)CC1. The molecule has 7 nitrogen and oxygen atoms in total. The maximum atomic E-state index is 12.9. The largest absolute Gasteiger partial charge is 0.300 e. The van der Waals surface area contributed by atoms with Crippen molar-refractivity contribution in [1.29, 1.82) is 0 Å².